The summed E-state index contributed by atoms with van der Waals surface area (Å²) in [6, 6.07) is 4.39. The Bertz CT molecular complexity index is 1380. The number of nitriles is 2. The predicted octanol–water partition coefficient (Wildman–Crippen LogP) is 0.611. The second-order valence-corrected chi connectivity index (χ2v) is 11.6. The molecule has 232 valence electrons. The molecule has 2 rings (SSSR count). The second-order valence-electron chi connectivity index (χ2n) is 8.69. The van der Waals surface area contributed by atoms with Crippen molar-refractivity contribution in [2.24, 2.45) is 0 Å². The highest BCUT2D eigenvalue weighted by Gasteiger charge is 2.51. The third-order valence-electron chi connectivity index (χ3n) is 5.45. The summed E-state index contributed by atoms with van der Waals surface area (Å²) in [6.45, 7) is -0.811. The Labute approximate surface area is 238 Å². The number of aromatic nitrogens is 2. The molecule has 1 fully saturated rings. The molecule has 18 nitrogen and oxygen atoms in total. The molecule has 20 heteroatoms. The van der Waals surface area contributed by atoms with E-state index in [2.05, 4.69) is 4.52 Å². The first-order valence-corrected chi connectivity index (χ1v) is 15.4. The maximum atomic E-state index is 12.7. The third kappa shape index (κ3) is 11.8. The van der Waals surface area contributed by atoms with Gasteiger partial charge < -0.3 is 24.1 Å². The molecule has 2 unspecified atom stereocenters. The zero-order chi connectivity index (χ0) is 31.3. The van der Waals surface area contributed by atoms with E-state index >= 15 is 0 Å². The number of phosphoric acid groups is 2. The molecule has 3 N–H and O–H groups in total. The monoisotopic (exact) mass is 636 g/mol. The number of ketones is 2. The average molecular weight is 636 g/mol. The number of hydrogen-bond donors (Lipinski definition) is 3. The Kier molecular flexibility index (Phi) is 14.0. The number of Topliss-reactive ketones (excluding diaryl/α,β-unsaturated/α-hetero) is 2. The first-order valence-electron chi connectivity index (χ1n) is 12.4. The molecule has 0 aromatic carbocycles. The van der Waals surface area contributed by atoms with Gasteiger partial charge >= 0.3 is 21.3 Å². The van der Waals surface area contributed by atoms with E-state index in [0.29, 0.717) is 0 Å². The lowest BCUT2D eigenvalue weighted by Crippen LogP contribution is -2.40. The first-order chi connectivity index (χ1) is 19.8. The van der Waals surface area contributed by atoms with Crippen molar-refractivity contribution in [2.75, 3.05) is 26.4 Å². The number of rotatable bonds is 19. The molecule has 0 aliphatic carbocycles. The summed E-state index contributed by atoms with van der Waals surface area (Å²) in [4.78, 5) is 69.7. The van der Waals surface area contributed by atoms with Gasteiger partial charge in [0, 0.05) is 31.5 Å². The standard InChI is InChI=1S/C22H30N4O14P2/c1-15(27)4-5-16(28)7-13-35-20-19(40-42(33,34)37-12-3-9-24)17(14-38-41(31,32)36-11-2-8-23)39-21(20)26-10-6-18(29)25-22(26)30/h6,10,17,19-21H,2-5,7,11-14H2,1H3,(H,31,32)(H,33,34)(H,25,29,30)/t17-,19-,20-,21-/m1/s1. The van der Waals surface area contributed by atoms with Gasteiger partial charge in [-0.1, -0.05) is 0 Å². The van der Waals surface area contributed by atoms with Crippen molar-refractivity contribution in [3.8, 4) is 12.1 Å². The number of ether oxygens (including phenoxy) is 2. The van der Waals surface area contributed by atoms with Crippen LogP contribution in [0.4, 0.5) is 0 Å². The molecule has 1 aromatic heterocycles. The lowest BCUT2D eigenvalue weighted by molar-refractivity contribution is -0.125. The largest absolute Gasteiger partial charge is 0.472 e. The summed E-state index contributed by atoms with van der Waals surface area (Å²) in [6.07, 6.45) is -5.91. The van der Waals surface area contributed by atoms with E-state index in [-0.39, 0.29) is 50.3 Å². The fourth-order valence-electron chi connectivity index (χ4n) is 3.55. The van der Waals surface area contributed by atoms with Crippen LogP contribution >= 0.6 is 15.6 Å². The number of carbonyl (C=O) groups is 2. The van der Waals surface area contributed by atoms with E-state index in [1.165, 1.54) is 6.92 Å². The van der Waals surface area contributed by atoms with E-state index < -0.39 is 71.3 Å². The maximum Gasteiger partial charge on any atom is 0.472 e. The van der Waals surface area contributed by atoms with Crippen LogP contribution in [0.25, 0.3) is 0 Å². The highest BCUT2D eigenvalue weighted by atomic mass is 31.2. The van der Waals surface area contributed by atoms with Crippen molar-refractivity contribution in [3.63, 3.8) is 0 Å². The molecule has 1 saturated heterocycles. The van der Waals surface area contributed by atoms with E-state index in [1.54, 1.807) is 12.1 Å². The third-order valence-corrected chi connectivity index (χ3v) is 7.45. The topological polar surface area (TPSA) is 267 Å². The molecule has 0 amide bonds. The van der Waals surface area contributed by atoms with Crippen LogP contribution in [0.3, 0.4) is 0 Å². The van der Waals surface area contributed by atoms with Crippen LogP contribution in [0.1, 0.15) is 45.3 Å². The van der Waals surface area contributed by atoms with Crippen molar-refractivity contribution < 1.29 is 56.1 Å². The highest BCUT2D eigenvalue weighted by molar-refractivity contribution is 7.47. The molecule has 0 spiro atoms. The molecule has 2 heterocycles. The van der Waals surface area contributed by atoms with Crippen molar-refractivity contribution in [1.82, 2.24) is 9.55 Å². The second kappa shape index (κ2) is 16.7. The minimum atomic E-state index is -4.96. The van der Waals surface area contributed by atoms with Crippen molar-refractivity contribution in [3.05, 3.63) is 33.1 Å². The molecule has 1 aromatic rings. The summed E-state index contributed by atoms with van der Waals surface area (Å²) in [5.41, 5.74) is -1.74. The van der Waals surface area contributed by atoms with Crippen molar-refractivity contribution in [2.45, 2.75) is 63.6 Å². The van der Waals surface area contributed by atoms with Crippen LogP contribution in [0.5, 0.6) is 0 Å². The van der Waals surface area contributed by atoms with Crippen LogP contribution in [-0.2, 0) is 46.3 Å². The average Bonchev–Trinajstić information content (AvgIpc) is 3.22. The van der Waals surface area contributed by atoms with Gasteiger partial charge in [-0.2, -0.15) is 10.5 Å². The number of H-pyrrole nitrogens is 1. The van der Waals surface area contributed by atoms with E-state index in [4.69, 9.17) is 33.6 Å². The number of nitrogens with zero attached hydrogens (tertiary/aromatic N) is 3. The van der Waals surface area contributed by atoms with Gasteiger partial charge in [0.25, 0.3) is 5.56 Å². The minimum Gasteiger partial charge on any atom is -0.370 e. The highest BCUT2D eigenvalue weighted by Crippen LogP contribution is 2.50. The quantitative estimate of drug-likeness (QED) is 0.139. The molecule has 1 aliphatic heterocycles. The molecule has 0 saturated carbocycles. The van der Waals surface area contributed by atoms with Crippen LogP contribution in [0, 0.1) is 22.7 Å². The molecule has 1 aliphatic rings. The zero-order valence-electron chi connectivity index (χ0n) is 22.4. The van der Waals surface area contributed by atoms with Gasteiger partial charge in [0.05, 0.1) is 51.4 Å². The first kappa shape index (κ1) is 35.3. The van der Waals surface area contributed by atoms with Gasteiger partial charge in [-0.25, -0.2) is 13.9 Å². The lowest BCUT2D eigenvalue weighted by atomic mass is 10.1. The smallest absolute Gasteiger partial charge is 0.370 e. The van der Waals surface area contributed by atoms with Crippen LogP contribution in [0.15, 0.2) is 21.9 Å². The van der Waals surface area contributed by atoms with Crippen LogP contribution in [0.2, 0.25) is 0 Å². The van der Waals surface area contributed by atoms with Gasteiger partial charge in [0.1, 0.15) is 29.9 Å². The molecule has 0 bridgehead atoms. The Morgan fingerprint density at radius 1 is 1.00 bits per heavy atom. The van der Waals surface area contributed by atoms with Crippen molar-refractivity contribution >= 4 is 27.2 Å². The summed E-state index contributed by atoms with van der Waals surface area (Å²) in [5, 5.41) is 17.3. The summed E-state index contributed by atoms with van der Waals surface area (Å²) in [5.74, 6) is -0.544. The maximum absolute atomic E-state index is 12.7. The number of aromatic amines is 1. The van der Waals surface area contributed by atoms with Crippen molar-refractivity contribution in [1.29, 1.82) is 10.5 Å². The summed E-state index contributed by atoms with van der Waals surface area (Å²) >= 11 is 0. The zero-order valence-corrected chi connectivity index (χ0v) is 24.1. The number of nitrogens with one attached hydrogen (secondary N) is 1. The van der Waals surface area contributed by atoms with E-state index in [1.807, 2.05) is 4.98 Å². The molecular formula is C22H30N4O14P2. The van der Waals surface area contributed by atoms with Gasteiger partial charge in [0.15, 0.2) is 6.23 Å². The Hall–Kier alpha value is -2.86. The van der Waals surface area contributed by atoms with Gasteiger partial charge in [-0.15, -0.1) is 0 Å². The molecule has 0 radical (unpaired) electrons. The van der Waals surface area contributed by atoms with E-state index in [9.17, 15) is 38.1 Å². The van der Waals surface area contributed by atoms with Gasteiger partial charge in [-0.3, -0.25) is 37.2 Å². The Balaban J connectivity index is 2.38. The van der Waals surface area contributed by atoms with Gasteiger partial charge in [-0.05, 0) is 6.92 Å². The number of phosphoric ester groups is 2. The SMILES string of the molecule is CC(=O)CCC(=O)CCO[C@@H]1[C@H](OP(=O)(O)OCCC#N)[C@@H](COP(=O)(O)OCCC#N)O[C@H]1n1ccc(=O)[nH]c1=O. The minimum absolute atomic E-state index is 0.0112. The Morgan fingerprint density at radius 3 is 2.24 bits per heavy atom. The normalized spacial score (nSPS) is 22.9. The number of carbonyl (C=O) groups excluding carboxylic acids is 2. The van der Waals surface area contributed by atoms with Crippen LogP contribution in [-0.4, -0.2) is 75.6 Å². The lowest BCUT2D eigenvalue weighted by Gasteiger charge is -2.26. The van der Waals surface area contributed by atoms with E-state index in [0.717, 1.165) is 16.8 Å². The molecular weight excluding hydrogens is 606 g/mol. The Morgan fingerprint density at radius 2 is 1.64 bits per heavy atom. The summed E-state index contributed by atoms with van der Waals surface area (Å²) in [7, 11) is -9.72. The predicted molar refractivity (Wildman–Crippen MR) is 137 cm³/mol. The summed E-state index contributed by atoms with van der Waals surface area (Å²) < 4.78 is 56.9. The molecule has 42 heavy (non-hydrogen) atoms. The fourth-order valence-corrected chi connectivity index (χ4v) is 5.23. The van der Waals surface area contributed by atoms with Crippen LogP contribution < -0.4 is 11.2 Å². The number of hydrogen-bond acceptors (Lipinski definition) is 14. The van der Waals surface area contributed by atoms with Gasteiger partial charge in [0.2, 0.25) is 0 Å². The molecule has 6 atom stereocenters. The fraction of sp³-hybridized carbons (Fsp3) is 0.636.